The van der Waals surface area contributed by atoms with Crippen molar-refractivity contribution in [2.75, 3.05) is 6.54 Å². The molecule has 0 spiro atoms. The van der Waals surface area contributed by atoms with Gasteiger partial charge in [0.15, 0.2) is 0 Å². The Bertz CT molecular complexity index is 523. The van der Waals surface area contributed by atoms with E-state index in [1.54, 1.807) is 0 Å². The number of nitrogens with one attached hydrogen (secondary N) is 1. The fourth-order valence-corrected chi connectivity index (χ4v) is 3.27. The van der Waals surface area contributed by atoms with E-state index in [9.17, 15) is 0 Å². The van der Waals surface area contributed by atoms with Crippen molar-refractivity contribution in [1.29, 1.82) is 0 Å². The Balaban J connectivity index is 1.75. The summed E-state index contributed by atoms with van der Waals surface area (Å²) in [4.78, 5) is 2.87. The van der Waals surface area contributed by atoms with Crippen molar-refractivity contribution < 1.29 is 0 Å². The molecule has 0 amide bonds. The molecular formula is C17H24N2S. The predicted molar refractivity (Wildman–Crippen MR) is 88.7 cm³/mol. The average molecular weight is 288 g/mol. The van der Waals surface area contributed by atoms with E-state index in [1.807, 2.05) is 11.3 Å². The summed E-state index contributed by atoms with van der Waals surface area (Å²) < 4.78 is 0. The Morgan fingerprint density at radius 3 is 3.05 bits per heavy atom. The maximum Gasteiger partial charge on any atom is 0.0993 e. The first-order chi connectivity index (χ1) is 9.65. The molecule has 0 bridgehead atoms. The minimum Gasteiger partial charge on any atom is -0.385 e. The van der Waals surface area contributed by atoms with E-state index >= 15 is 0 Å². The van der Waals surface area contributed by atoms with Gasteiger partial charge in [0.2, 0.25) is 0 Å². The van der Waals surface area contributed by atoms with Crippen LogP contribution in [0.15, 0.2) is 47.8 Å². The Morgan fingerprint density at radius 2 is 2.35 bits per heavy atom. The quantitative estimate of drug-likeness (QED) is 0.775. The smallest absolute Gasteiger partial charge is 0.0993 e. The highest BCUT2D eigenvalue weighted by molar-refractivity contribution is 7.11. The molecule has 0 atom stereocenters. The minimum absolute atomic E-state index is 0.828. The van der Waals surface area contributed by atoms with Gasteiger partial charge in [0, 0.05) is 16.3 Å². The topological polar surface area (TPSA) is 38.0 Å². The Kier molecular flexibility index (Phi) is 5.48. The van der Waals surface area contributed by atoms with Crippen molar-refractivity contribution in [2.24, 2.45) is 5.73 Å². The number of rotatable bonds is 6. The molecule has 1 aromatic heterocycles. The van der Waals surface area contributed by atoms with Gasteiger partial charge in [-0.05, 0) is 56.7 Å². The Hall–Kier alpha value is -1.48. The second-order valence-electron chi connectivity index (χ2n) is 5.33. The third-order valence-electron chi connectivity index (χ3n) is 3.52. The molecule has 108 valence electrons. The average Bonchev–Trinajstić information content (AvgIpc) is 2.83. The van der Waals surface area contributed by atoms with Crippen LogP contribution in [-0.4, -0.2) is 6.54 Å². The summed E-state index contributed by atoms with van der Waals surface area (Å²) in [7, 11) is 0. The van der Waals surface area contributed by atoms with Gasteiger partial charge in [-0.15, -0.1) is 11.3 Å². The molecule has 0 saturated heterocycles. The van der Waals surface area contributed by atoms with Gasteiger partial charge >= 0.3 is 0 Å². The maximum absolute atomic E-state index is 5.93. The molecule has 20 heavy (non-hydrogen) atoms. The third kappa shape index (κ3) is 4.57. The molecule has 2 nitrogen and oxygen atoms in total. The maximum atomic E-state index is 5.93. The molecule has 3 heteroatoms. The normalized spacial score (nSPS) is 15.7. The number of hydrogen-bond donors (Lipinski definition) is 2. The SMILES string of the molecule is C=C(/C=C\C1=C(N)NCCC1)CCCc1ccc(C)s1. The van der Waals surface area contributed by atoms with Gasteiger partial charge in [-0.2, -0.15) is 0 Å². The van der Waals surface area contributed by atoms with Crippen LogP contribution in [0.3, 0.4) is 0 Å². The highest BCUT2D eigenvalue weighted by atomic mass is 32.1. The summed E-state index contributed by atoms with van der Waals surface area (Å²) in [6, 6.07) is 4.43. The van der Waals surface area contributed by atoms with Gasteiger partial charge < -0.3 is 11.1 Å². The van der Waals surface area contributed by atoms with Gasteiger partial charge in [0.25, 0.3) is 0 Å². The lowest BCUT2D eigenvalue weighted by atomic mass is 10.0. The molecule has 0 aliphatic carbocycles. The first-order valence-corrected chi connectivity index (χ1v) is 8.10. The van der Waals surface area contributed by atoms with Crippen LogP contribution in [0.1, 0.15) is 35.4 Å². The lowest BCUT2D eigenvalue weighted by molar-refractivity contribution is 0.664. The zero-order valence-electron chi connectivity index (χ0n) is 12.2. The number of hydrogen-bond acceptors (Lipinski definition) is 3. The van der Waals surface area contributed by atoms with Crippen molar-refractivity contribution >= 4 is 11.3 Å². The van der Waals surface area contributed by atoms with Gasteiger partial charge in [-0.25, -0.2) is 0 Å². The Morgan fingerprint density at radius 1 is 1.50 bits per heavy atom. The molecule has 0 fully saturated rings. The second-order valence-corrected chi connectivity index (χ2v) is 6.70. The van der Waals surface area contributed by atoms with Crippen LogP contribution in [-0.2, 0) is 6.42 Å². The largest absolute Gasteiger partial charge is 0.385 e. The van der Waals surface area contributed by atoms with Crippen LogP contribution >= 0.6 is 11.3 Å². The fourth-order valence-electron chi connectivity index (χ4n) is 2.33. The van der Waals surface area contributed by atoms with Gasteiger partial charge in [-0.1, -0.05) is 24.3 Å². The first-order valence-electron chi connectivity index (χ1n) is 7.29. The molecular weight excluding hydrogens is 264 g/mol. The molecule has 3 N–H and O–H groups in total. The van der Waals surface area contributed by atoms with Gasteiger partial charge in [0.05, 0.1) is 5.82 Å². The summed E-state index contributed by atoms with van der Waals surface area (Å²) in [6.07, 6.45) is 9.83. The highest BCUT2D eigenvalue weighted by Gasteiger charge is 2.06. The van der Waals surface area contributed by atoms with E-state index in [-0.39, 0.29) is 0 Å². The van der Waals surface area contributed by atoms with Crippen LogP contribution in [0.5, 0.6) is 0 Å². The minimum atomic E-state index is 0.828. The molecule has 2 heterocycles. The summed E-state index contributed by atoms with van der Waals surface area (Å²) in [5.74, 6) is 0.828. The monoisotopic (exact) mass is 288 g/mol. The van der Waals surface area contributed by atoms with Crippen LogP contribution in [0.25, 0.3) is 0 Å². The second kappa shape index (κ2) is 7.34. The molecule has 2 rings (SSSR count). The predicted octanol–water partition coefficient (Wildman–Crippen LogP) is 4.05. The highest BCUT2D eigenvalue weighted by Crippen LogP contribution is 2.19. The third-order valence-corrected chi connectivity index (χ3v) is 4.58. The van der Waals surface area contributed by atoms with E-state index in [2.05, 4.69) is 43.1 Å². The van der Waals surface area contributed by atoms with Crippen molar-refractivity contribution in [2.45, 2.75) is 39.0 Å². The van der Waals surface area contributed by atoms with Gasteiger partial charge in [-0.3, -0.25) is 0 Å². The van der Waals surface area contributed by atoms with Crippen LogP contribution in [0.4, 0.5) is 0 Å². The number of allylic oxidation sites excluding steroid dienone is 4. The zero-order valence-corrected chi connectivity index (χ0v) is 13.1. The molecule has 0 radical (unpaired) electrons. The molecule has 0 saturated carbocycles. The van der Waals surface area contributed by atoms with E-state index in [0.717, 1.165) is 44.5 Å². The first kappa shape index (κ1) is 14.9. The molecule has 0 unspecified atom stereocenters. The lowest BCUT2D eigenvalue weighted by Gasteiger charge is -2.16. The van der Waals surface area contributed by atoms with E-state index in [0.29, 0.717) is 0 Å². The lowest BCUT2D eigenvalue weighted by Crippen LogP contribution is -2.26. The van der Waals surface area contributed by atoms with Crippen molar-refractivity contribution in [1.82, 2.24) is 5.32 Å². The van der Waals surface area contributed by atoms with Crippen molar-refractivity contribution in [3.05, 3.63) is 57.6 Å². The summed E-state index contributed by atoms with van der Waals surface area (Å²) in [5.41, 5.74) is 8.33. The summed E-state index contributed by atoms with van der Waals surface area (Å²) >= 11 is 1.90. The van der Waals surface area contributed by atoms with E-state index < -0.39 is 0 Å². The zero-order chi connectivity index (χ0) is 14.4. The molecule has 1 aliphatic rings. The Labute approximate surface area is 126 Å². The number of thiophene rings is 1. The van der Waals surface area contributed by atoms with Crippen LogP contribution < -0.4 is 11.1 Å². The van der Waals surface area contributed by atoms with Crippen LogP contribution in [0.2, 0.25) is 0 Å². The summed E-state index contributed by atoms with van der Waals surface area (Å²) in [5, 5.41) is 3.20. The number of nitrogens with two attached hydrogens (primary N) is 1. The van der Waals surface area contributed by atoms with Crippen molar-refractivity contribution in [3.8, 4) is 0 Å². The summed E-state index contributed by atoms with van der Waals surface area (Å²) in [6.45, 7) is 7.28. The standard InChI is InChI=1S/C17H24N2S/c1-13(5-3-7-16-11-9-14(2)20-16)8-10-15-6-4-12-19-17(15)18/h8-11,19H,1,3-7,12,18H2,2H3/b10-8-. The number of aryl methyl sites for hydroxylation is 2. The fraction of sp³-hybridized carbons (Fsp3) is 0.412. The molecule has 1 aliphatic heterocycles. The van der Waals surface area contributed by atoms with E-state index in [4.69, 9.17) is 5.73 Å². The van der Waals surface area contributed by atoms with Gasteiger partial charge in [0.1, 0.15) is 0 Å². The molecule has 1 aromatic rings. The van der Waals surface area contributed by atoms with Crippen molar-refractivity contribution in [3.63, 3.8) is 0 Å². The van der Waals surface area contributed by atoms with Crippen LogP contribution in [0, 0.1) is 6.92 Å². The van der Waals surface area contributed by atoms with E-state index in [1.165, 1.54) is 20.9 Å². The molecule has 0 aromatic carbocycles.